The number of hydrogen-bond acceptors (Lipinski definition) is 4. The smallest absolute Gasteiger partial charge is 0.180 e. The van der Waals surface area contributed by atoms with E-state index >= 15 is 0 Å². The van der Waals surface area contributed by atoms with E-state index in [4.69, 9.17) is 18.1 Å². The van der Waals surface area contributed by atoms with Gasteiger partial charge in [-0.05, 0) is 12.2 Å². The minimum atomic E-state index is -0.0162. The lowest BCUT2D eigenvalue weighted by atomic mass is 9.89. The van der Waals surface area contributed by atoms with Gasteiger partial charge in [0, 0.05) is 23.7 Å². The molecule has 0 spiro atoms. The Morgan fingerprint density at radius 1 is 1.50 bits per heavy atom. The molecule has 0 amide bonds. The summed E-state index contributed by atoms with van der Waals surface area (Å²) in [6, 6.07) is 0. The van der Waals surface area contributed by atoms with Crippen molar-refractivity contribution < 1.29 is 0 Å². The first-order valence-electron chi connectivity index (χ1n) is 4.99. The fourth-order valence-electron chi connectivity index (χ4n) is 1.39. The third-order valence-corrected chi connectivity index (χ3v) is 2.33. The second-order valence-electron chi connectivity index (χ2n) is 4.47. The van der Waals surface area contributed by atoms with E-state index in [-0.39, 0.29) is 5.41 Å². The number of hydrogen-bond donors (Lipinski definition) is 3. The summed E-state index contributed by atoms with van der Waals surface area (Å²) in [6.45, 7) is 6.89. The highest BCUT2D eigenvalue weighted by Gasteiger charge is 2.19. The average Bonchev–Trinajstić information content (AvgIpc) is 2.25. The zero-order chi connectivity index (χ0) is 12.2. The van der Waals surface area contributed by atoms with Crippen molar-refractivity contribution >= 4 is 17.3 Å². The van der Waals surface area contributed by atoms with Crippen LogP contribution in [0.4, 0.5) is 0 Å². The summed E-state index contributed by atoms with van der Waals surface area (Å²) >= 11 is 4.90. The van der Waals surface area contributed by atoms with Crippen molar-refractivity contribution in [3.05, 3.63) is 23.8 Å². The predicted molar refractivity (Wildman–Crippen MR) is 67.5 cm³/mol. The SMILES string of the molecule is CC(C)(C)c1ncncc1CNC(=S)NN. The number of rotatable bonds is 2. The fourth-order valence-corrected chi connectivity index (χ4v) is 1.46. The largest absolute Gasteiger partial charge is 0.357 e. The number of nitrogens with two attached hydrogens (primary N) is 1. The van der Waals surface area contributed by atoms with Crippen molar-refractivity contribution in [2.75, 3.05) is 0 Å². The molecule has 1 aromatic rings. The molecule has 1 aromatic heterocycles. The Kier molecular flexibility index (Phi) is 4.14. The molecule has 0 fully saturated rings. The Morgan fingerprint density at radius 2 is 2.19 bits per heavy atom. The van der Waals surface area contributed by atoms with Crippen LogP contribution in [0.1, 0.15) is 32.0 Å². The normalized spacial score (nSPS) is 11.0. The fraction of sp³-hybridized carbons (Fsp3) is 0.500. The van der Waals surface area contributed by atoms with Gasteiger partial charge in [-0.3, -0.25) is 0 Å². The molecule has 0 aliphatic carbocycles. The van der Waals surface area contributed by atoms with E-state index in [1.165, 1.54) is 0 Å². The van der Waals surface area contributed by atoms with Gasteiger partial charge in [-0.1, -0.05) is 20.8 Å². The first-order chi connectivity index (χ1) is 7.45. The van der Waals surface area contributed by atoms with E-state index in [2.05, 4.69) is 41.5 Å². The average molecular weight is 239 g/mol. The summed E-state index contributed by atoms with van der Waals surface area (Å²) in [5.41, 5.74) is 4.39. The van der Waals surface area contributed by atoms with Crippen LogP contribution in [0, 0.1) is 0 Å². The highest BCUT2D eigenvalue weighted by Crippen LogP contribution is 2.22. The van der Waals surface area contributed by atoms with Crippen LogP contribution in [0.2, 0.25) is 0 Å². The maximum absolute atomic E-state index is 5.18. The lowest BCUT2D eigenvalue weighted by molar-refractivity contribution is 0.555. The molecule has 0 radical (unpaired) electrons. The maximum atomic E-state index is 5.18. The molecule has 0 saturated carbocycles. The standard InChI is InChI=1S/C10H17N5S/c1-10(2,3)8-7(4-12-6-14-8)5-13-9(16)15-11/h4,6H,5,11H2,1-3H3,(H2,13,15,16). The molecule has 1 rings (SSSR count). The number of nitrogens with one attached hydrogen (secondary N) is 2. The van der Waals surface area contributed by atoms with Crippen molar-refractivity contribution in [2.45, 2.75) is 32.7 Å². The highest BCUT2D eigenvalue weighted by atomic mass is 32.1. The Labute approximate surface area is 101 Å². The lowest BCUT2D eigenvalue weighted by Gasteiger charge is -2.21. The first kappa shape index (κ1) is 12.8. The summed E-state index contributed by atoms with van der Waals surface area (Å²) in [6.07, 6.45) is 3.35. The second kappa shape index (κ2) is 5.18. The van der Waals surface area contributed by atoms with E-state index in [1.54, 1.807) is 12.5 Å². The minimum Gasteiger partial charge on any atom is -0.357 e. The van der Waals surface area contributed by atoms with Crippen molar-refractivity contribution in [2.24, 2.45) is 5.84 Å². The van der Waals surface area contributed by atoms with Gasteiger partial charge >= 0.3 is 0 Å². The highest BCUT2D eigenvalue weighted by molar-refractivity contribution is 7.80. The molecule has 0 aliphatic heterocycles. The van der Waals surface area contributed by atoms with Crippen LogP contribution in [-0.2, 0) is 12.0 Å². The van der Waals surface area contributed by atoms with Gasteiger partial charge in [-0.2, -0.15) is 0 Å². The third-order valence-electron chi connectivity index (χ3n) is 2.07. The molecule has 4 N–H and O–H groups in total. The molecule has 0 saturated heterocycles. The van der Waals surface area contributed by atoms with Crippen LogP contribution in [0.3, 0.4) is 0 Å². The maximum Gasteiger partial charge on any atom is 0.180 e. The minimum absolute atomic E-state index is 0.0162. The molecule has 6 heteroatoms. The van der Waals surface area contributed by atoms with Gasteiger partial charge in [0.25, 0.3) is 0 Å². The van der Waals surface area contributed by atoms with Gasteiger partial charge in [0.2, 0.25) is 0 Å². The molecule has 0 aromatic carbocycles. The molecule has 16 heavy (non-hydrogen) atoms. The van der Waals surface area contributed by atoms with Crippen LogP contribution in [0.25, 0.3) is 0 Å². The van der Waals surface area contributed by atoms with Crippen LogP contribution >= 0.6 is 12.2 Å². The molecular formula is C10H17N5S. The first-order valence-corrected chi connectivity index (χ1v) is 5.40. The Hall–Kier alpha value is -1.27. The van der Waals surface area contributed by atoms with Gasteiger partial charge in [-0.25, -0.2) is 15.8 Å². The quantitative estimate of drug-likeness (QED) is 0.399. The van der Waals surface area contributed by atoms with Gasteiger partial charge in [0.1, 0.15) is 6.33 Å². The van der Waals surface area contributed by atoms with Crippen LogP contribution in [0.15, 0.2) is 12.5 Å². The summed E-state index contributed by atoms with van der Waals surface area (Å²) < 4.78 is 0. The molecule has 0 bridgehead atoms. The van der Waals surface area contributed by atoms with Crippen molar-refractivity contribution in [3.63, 3.8) is 0 Å². The van der Waals surface area contributed by atoms with E-state index in [0.717, 1.165) is 11.3 Å². The van der Waals surface area contributed by atoms with Gasteiger partial charge < -0.3 is 10.7 Å². The summed E-state index contributed by atoms with van der Waals surface area (Å²) in [7, 11) is 0. The van der Waals surface area contributed by atoms with E-state index < -0.39 is 0 Å². The van der Waals surface area contributed by atoms with Crippen molar-refractivity contribution in [3.8, 4) is 0 Å². The lowest BCUT2D eigenvalue weighted by Crippen LogP contribution is -2.39. The molecule has 88 valence electrons. The Balaban J connectivity index is 2.84. The Morgan fingerprint density at radius 3 is 2.75 bits per heavy atom. The summed E-state index contributed by atoms with van der Waals surface area (Å²) in [5.74, 6) is 5.18. The summed E-state index contributed by atoms with van der Waals surface area (Å²) in [4.78, 5) is 8.32. The predicted octanol–water partition coefficient (Wildman–Crippen LogP) is 0.612. The zero-order valence-corrected chi connectivity index (χ0v) is 10.6. The van der Waals surface area contributed by atoms with E-state index in [1.807, 2.05) is 0 Å². The third kappa shape index (κ3) is 3.39. The number of aromatic nitrogens is 2. The zero-order valence-electron chi connectivity index (χ0n) is 9.74. The van der Waals surface area contributed by atoms with Crippen LogP contribution < -0.4 is 16.6 Å². The number of thiocarbonyl (C=S) groups is 1. The van der Waals surface area contributed by atoms with E-state index in [0.29, 0.717) is 11.7 Å². The molecule has 0 atom stereocenters. The van der Waals surface area contributed by atoms with Crippen LogP contribution in [0.5, 0.6) is 0 Å². The van der Waals surface area contributed by atoms with Crippen LogP contribution in [-0.4, -0.2) is 15.1 Å². The molecular weight excluding hydrogens is 222 g/mol. The van der Waals surface area contributed by atoms with E-state index in [9.17, 15) is 0 Å². The monoisotopic (exact) mass is 239 g/mol. The molecule has 0 aliphatic rings. The number of nitrogens with zero attached hydrogens (tertiary/aromatic N) is 2. The van der Waals surface area contributed by atoms with Crippen molar-refractivity contribution in [1.29, 1.82) is 0 Å². The van der Waals surface area contributed by atoms with Crippen molar-refractivity contribution in [1.82, 2.24) is 20.7 Å². The molecule has 1 heterocycles. The number of hydrazine groups is 1. The van der Waals surface area contributed by atoms with Gasteiger partial charge in [-0.15, -0.1) is 0 Å². The summed E-state index contributed by atoms with van der Waals surface area (Å²) in [5, 5.41) is 3.38. The van der Waals surface area contributed by atoms with Gasteiger partial charge in [0.15, 0.2) is 5.11 Å². The second-order valence-corrected chi connectivity index (χ2v) is 4.88. The Bertz CT molecular complexity index is 372. The topological polar surface area (TPSA) is 75.9 Å². The molecule has 5 nitrogen and oxygen atoms in total. The molecule has 0 unspecified atom stereocenters. The van der Waals surface area contributed by atoms with Gasteiger partial charge in [0.05, 0.1) is 5.69 Å².